The van der Waals surface area contributed by atoms with E-state index in [0.29, 0.717) is 5.33 Å². The van der Waals surface area contributed by atoms with Gasteiger partial charge in [0.1, 0.15) is 6.61 Å². The summed E-state index contributed by atoms with van der Waals surface area (Å²) in [5, 5.41) is 20.1. The molecule has 0 spiro atoms. The zero-order valence-corrected chi connectivity index (χ0v) is 11.2. The van der Waals surface area contributed by atoms with E-state index in [0.717, 1.165) is 0 Å². The molecule has 102 valence electrons. The molecule has 1 aromatic carbocycles. The Kier molecular flexibility index (Phi) is 5.43. The third-order valence-corrected chi connectivity index (χ3v) is 2.55. The molecule has 0 aromatic heterocycles. The number of ether oxygens (including phenoxy) is 1. The molecule has 0 bridgehead atoms. The fourth-order valence-corrected chi connectivity index (χ4v) is 1.63. The highest BCUT2D eigenvalue weighted by Gasteiger charge is 2.35. The second-order valence-corrected chi connectivity index (χ2v) is 4.23. The summed E-state index contributed by atoms with van der Waals surface area (Å²) in [5.41, 5.74) is -0.313. The summed E-state index contributed by atoms with van der Waals surface area (Å²) in [5.74, 6) is -2.42. The zero-order chi connectivity index (χ0) is 14.4. The third-order valence-electron chi connectivity index (χ3n) is 2.23. The highest BCUT2D eigenvalue weighted by molar-refractivity contribution is 9.09. The van der Waals surface area contributed by atoms with Crippen LogP contribution in [0.1, 0.15) is 22.0 Å². The first-order valence-electron chi connectivity index (χ1n) is 5.17. The molecule has 0 fully saturated rings. The summed E-state index contributed by atoms with van der Waals surface area (Å²) >= 11 is 3.06. The maximum Gasteiger partial charge on any atom is 0.384 e. The molecular formula is C11H10BrNO6. The van der Waals surface area contributed by atoms with Crippen LogP contribution in [0.2, 0.25) is 0 Å². The maximum absolute atomic E-state index is 11.7. The lowest BCUT2D eigenvalue weighted by Crippen LogP contribution is -2.23. The summed E-state index contributed by atoms with van der Waals surface area (Å²) in [6.07, 6.45) is 0. The van der Waals surface area contributed by atoms with Gasteiger partial charge in [0.25, 0.3) is 0 Å². The van der Waals surface area contributed by atoms with E-state index in [9.17, 15) is 19.7 Å². The van der Waals surface area contributed by atoms with Gasteiger partial charge in [-0.25, -0.2) is 9.59 Å². The fraction of sp³-hybridized carbons (Fsp3) is 0.273. The van der Waals surface area contributed by atoms with E-state index in [1.807, 2.05) is 0 Å². The van der Waals surface area contributed by atoms with E-state index in [2.05, 4.69) is 15.9 Å². The van der Waals surface area contributed by atoms with Gasteiger partial charge >= 0.3 is 18.0 Å². The monoisotopic (exact) mass is 331 g/mol. The number of benzene rings is 1. The van der Waals surface area contributed by atoms with Gasteiger partial charge in [0.05, 0.1) is 11.1 Å². The first kappa shape index (κ1) is 15.1. The van der Waals surface area contributed by atoms with E-state index >= 15 is 0 Å². The number of nitrogens with zero attached hydrogens (tertiary/aromatic N) is 1. The van der Waals surface area contributed by atoms with E-state index in [-0.39, 0.29) is 17.7 Å². The molecular weight excluding hydrogens is 322 g/mol. The number of carbonyl (C=O) groups excluding carboxylic acids is 1. The molecule has 0 saturated carbocycles. The van der Waals surface area contributed by atoms with E-state index in [1.165, 1.54) is 24.3 Å². The number of nitro groups is 1. The Bertz CT molecular complexity index is 490. The van der Waals surface area contributed by atoms with Crippen molar-refractivity contribution in [3.05, 3.63) is 45.5 Å². The van der Waals surface area contributed by atoms with Gasteiger partial charge in [-0.15, -0.1) is 0 Å². The normalized spacial score (nSPS) is 11.6. The number of aliphatic carboxylic acids is 1. The number of rotatable bonds is 6. The SMILES string of the molecule is O=C(OCCBr)c1ccccc1C(C(=O)O)[N+](=O)[O-]. The van der Waals surface area contributed by atoms with Crippen molar-refractivity contribution in [2.45, 2.75) is 6.04 Å². The molecule has 0 amide bonds. The summed E-state index contributed by atoms with van der Waals surface area (Å²) in [6.45, 7) is 0.0867. The molecule has 8 heteroatoms. The molecule has 1 aromatic rings. The Hall–Kier alpha value is -1.96. The molecule has 19 heavy (non-hydrogen) atoms. The summed E-state index contributed by atoms with van der Waals surface area (Å²) in [4.78, 5) is 32.5. The zero-order valence-electron chi connectivity index (χ0n) is 9.61. The van der Waals surface area contributed by atoms with Crippen LogP contribution >= 0.6 is 15.9 Å². The van der Waals surface area contributed by atoms with E-state index in [4.69, 9.17) is 9.84 Å². The number of halogens is 1. The lowest BCUT2D eigenvalue weighted by molar-refractivity contribution is -0.516. The number of esters is 1. The fourth-order valence-electron chi connectivity index (χ4n) is 1.47. The molecule has 0 aliphatic heterocycles. The lowest BCUT2D eigenvalue weighted by Gasteiger charge is -2.10. The standard InChI is InChI=1S/C11H10BrNO6/c12-5-6-19-11(16)8-4-2-1-3-7(8)9(10(14)15)13(17)18/h1-4,9H,5-6H2,(H,14,15). The summed E-state index contributed by atoms with van der Waals surface area (Å²) in [7, 11) is 0. The molecule has 1 atom stereocenters. The summed E-state index contributed by atoms with van der Waals surface area (Å²) in [6, 6.07) is 3.44. The average Bonchev–Trinajstić information content (AvgIpc) is 2.35. The van der Waals surface area contributed by atoms with Crippen LogP contribution in [0, 0.1) is 10.1 Å². The lowest BCUT2D eigenvalue weighted by atomic mass is 10.0. The highest BCUT2D eigenvalue weighted by Crippen LogP contribution is 2.22. The maximum atomic E-state index is 11.7. The van der Waals surface area contributed by atoms with Crippen LogP contribution in [0.5, 0.6) is 0 Å². The van der Waals surface area contributed by atoms with Crippen LogP contribution in [0.25, 0.3) is 0 Å². The predicted octanol–water partition coefficient (Wildman–Crippen LogP) is 1.64. The molecule has 7 nitrogen and oxygen atoms in total. The predicted molar refractivity (Wildman–Crippen MR) is 67.9 cm³/mol. The van der Waals surface area contributed by atoms with Gasteiger partial charge in [-0.3, -0.25) is 10.1 Å². The largest absolute Gasteiger partial charge is 0.476 e. The number of alkyl halides is 1. The minimum Gasteiger partial charge on any atom is -0.476 e. The van der Waals surface area contributed by atoms with Crippen LogP contribution in [-0.2, 0) is 9.53 Å². The molecule has 0 aliphatic rings. The Morgan fingerprint density at radius 3 is 2.58 bits per heavy atom. The number of carboxylic acids is 1. The minimum atomic E-state index is -1.99. The van der Waals surface area contributed by atoms with Gasteiger partial charge < -0.3 is 9.84 Å². The Morgan fingerprint density at radius 2 is 2.05 bits per heavy atom. The van der Waals surface area contributed by atoms with Gasteiger partial charge in [0, 0.05) is 10.3 Å². The summed E-state index contributed by atoms with van der Waals surface area (Å²) < 4.78 is 4.83. The van der Waals surface area contributed by atoms with Crippen LogP contribution in [-0.4, -0.2) is 33.9 Å². The van der Waals surface area contributed by atoms with Crippen molar-refractivity contribution in [1.29, 1.82) is 0 Å². The van der Waals surface area contributed by atoms with Gasteiger partial charge in [-0.05, 0) is 6.07 Å². The van der Waals surface area contributed by atoms with Crippen molar-refractivity contribution in [3.63, 3.8) is 0 Å². The van der Waals surface area contributed by atoms with Gasteiger partial charge in [-0.2, -0.15) is 0 Å². The van der Waals surface area contributed by atoms with Crippen molar-refractivity contribution in [2.75, 3.05) is 11.9 Å². The number of carboxylic acid groups (broad SMARTS) is 1. The van der Waals surface area contributed by atoms with Crippen LogP contribution < -0.4 is 0 Å². The average molecular weight is 332 g/mol. The first-order valence-corrected chi connectivity index (χ1v) is 6.29. The highest BCUT2D eigenvalue weighted by atomic mass is 79.9. The quantitative estimate of drug-likeness (QED) is 0.367. The second-order valence-electron chi connectivity index (χ2n) is 3.44. The van der Waals surface area contributed by atoms with Crippen LogP contribution in [0.15, 0.2) is 24.3 Å². The van der Waals surface area contributed by atoms with Crippen LogP contribution in [0.3, 0.4) is 0 Å². The molecule has 0 aliphatic carbocycles. The molecule has 1 rings (SSSR count). The number of carbonyl (C=O) groups is 2. The minimum absolute atomic E-state index is 0.0867. The van der Waals surface area contributed by atoms with Gasteiger partial charge in [0.15, 0.2) is 0 Å². The Balaban J connectivity index is 3.17. The van der Waals surface area contributed by atoms with E-state index in [1.54, 1.807) is 0 Å². The van der Waals surface area contributed by atoms with Crippen molar-refractivity contribution < 1.29 is 24.4 Å². The molecule has 0 radical (unpaired) electrons. The molecule has 1 N–H and O–H groups in total. The van der Waals surface area contributed by atoms with Crippen molar-refractivity contribution in [2.24, 2.45) is 0 Å². The molecule has 0 heterocycles. The third kappa shape index (κ3) is 3.75. The smallest absolute Gasteiger partial charge is 0.384 e. The van der Waals surface area contributed by atoms with Crippen molar-refractivity contribution in [1.82, 2.24) is 0 Å². The van der Waals surface area contributed by atoms with Gasteiger partial charge in [0.2, 0.25) is 0 Å². The van der Waals surface area contributed by atoms with Gasteiger partial charge in [-0.1, -0.05) is 34.1 Å². The number of hydrogen-bond donors (Lipinski definition) is 1. The Morgan fingerprint density at radius 1 is 1.42 bits per heavy atom. The second kappa shape index (κ2) is 6.83. The van der Waals surface area contributed by atoms with E-state index < -0.39 is 22.9 Å². The molecule has 0 saturated heterocycles. The number of hydrogen-bond acceptors (Lipinski definition) is 5. The van der Waals surface area contributed by atoms with Crippen LogP contribution in [0.4, 0.5) is 0 Å². The van der Waals surface area contributed by atoms with Crippen molar-refractivity contribution in [3.8, 4) is 0 Å². The first-order chi connectivity index (χ1) is 8.99. The molecule has 1 unspecified atom stereocenters. The topological polar surface area (TPSA) is 107 Å². The van der Waals surface area contributed by atoms with Crippen molar-refractivity contribution >= 4 is 27.9 Å². The Labute approximate surface area is 116 Å².